The Balaban J connectivity index is 1.60. The first kappa shape index (κ1) is 13.1. The number of Topliss-reactive ketones (excluding diaryl/α,β-unsaturated/α-hetero) is 1. The summed E-state index contributed by atoms with van der Waals surface area (Å²) < 4.78 is 5.51. The second-order valence-corrected chi connectivity index (χ2v) is 5.70. The van der Waals surface area contributed by atoms with E-state index in [1.807, 2.05) is 48.5 Å². The Morgan fingerprint density at radius 2 is 1.82 bits per heavy atom. The summed E-state index contributed by atoms with van der Waals surface area (Å²) >= 11 is 0. The summed E-state index contributed by atoms with van der Waals surface area (Å²) in [6.07, 6.45) is 1.37. The monoisotopic (exact) mass is 288 g/mol. The van der Waals surface area contributed by atoms with Gasteiger partial charge >= 0.3 is 0 Å². The van der Waals surface area contributed by atoms with Gasteiger partial charge in [0.2, 0.25) is 0 Å². The minimum Gasteiger partial charge on any atom is -0.493 e. The zero-order chi connectivity index (χ0) is 14.9. The molecular weight excluding hydrogens is 272 g/mol. The second-order valence-electron chi connectivity index (χ2n) is 5.70. The van der Waals surface area contributed by atoms with E-state index < -0.39 is 0 Å². The molecule has 0 bridgehead atoms. The number of ketones is 1. The molecule has 108 valence electrons. The third-order valence-corrected chi connectivity index (χ3v) is 4.19. The van der Waals surface area contributed by atoms with E-state index in [-0.39, 0.29) is 5.78 Å². The van der Waals surface area contributed by atoms with E-state index in [4.69, 9.17) is 4.74 Å². The summed E-state index contributed by atoms with van der Waals surface area (Å²) in [5.41, 5.74) is 3.04. The fraction of sp³-hybridized carbons (Fsp3) is 0.150. The molecule has 2 nitrogen and oxygen atoms in total. The van der Waals surface area contributed by atoms with Gasteiger partial charge in [0, 0.05) is 18.4 Å². The number of rotatable bonds is 3. The van der Waals surface area contributed by atoms with Crippen molar-refractivity contribution in [3.63, 3.8) is 0 Å². The Morgan fingerprint density at radius 1 is 0.955 bits per heavy atom. The minimum absolute atomic E-state index is 0.157. The maximum absolute atomic E-state index is 12.5. The molecule has 0 N–H and O–H groups in total. The predicted octanol–water partition coefficient (Wildman–Crippen LogP) is 4.20. The van der Waals surface area contributed by atoms with E-state index in [0.29, 0.717) is 6.42 Å². The molecule has 1 aliphatic rings. The molecule has 4 rings (SSSR count). The standard InChI is InChI=1S/C20H16O2/c21-19(12-14-5-8-20-18(11-14)9-10-22-20)17-7-6-15-3-1-2-4-16(15)13-17/h1-8,11,13H,9-10,12H2. The molecule has 3 aromatic carbocycles. The molecule has 1 heterocycles. The number of fused-ring (bicyclic) bond motifs is 2. The van der Waals surface area contributed by atoms with Crippen LogP contribution in [0, 0.1) is 0 Å². The van der Waals surface area contributed by atoms with Crippen LogP contribution in [-0.2, 0) is 12.8 Å². The number of ether oxygens (including phenoxy) is 1. The Bertz CT molecular complexity index is 864. The van der Waals surface area contributed by atoms with Gasteiger partial charge in [-0.05, 0) is 34.0 Å². The van der Waals surface area contributed by atoms with E-state index in [9.17, 15) is 4.79 Å². The molecule has 0 saturated heterocycles. The number of hydrogen-bond donors (Lipinski definition) is 0. The molecule has 0 saturated carbocycles. The summed E-state index contributed by atoms with van der Waals surface area (Å²) in [5, 5.41) is 2.27. The predicted molar refractivity (Wildman–Crippen MR) is 87.6 cm³/mol. The van der Waals surface area contributed by atoms with E-state index in [1.165, 1.54) is 5.56 Å². The van der Waals surface area contributed by atoms with Crippen LogP contribution in [0.25, 0.3) is 10.8 Å². The van der Waals surface area contributed by atoms with Crippen LogP contribution < -0.4 is 4.74 Å². The van der Waals surface area contributed by atoms with Gasteiger partial charge in [0.15, 0.2) is 5.78 Å². The van der Waals surface area contributed by atoms with Crippen LogP contribution >= 0.6 is 0 Å². The highest BCUT2D eigenvalue weighted by Crippen LogP contribution is 2.26. The molecule has 2 heteroatoms. The van der Waals surface area contributed by atoms with Crippen molar-refractivity contribution in [1.29, 1.82) is 0 Å². The average Bonchev–Trinajstić information content (AvgIpc) is 3.02. The zero-order valence-electron chi connectivity index (χ0n) is 12.2. The summed E-state index contributed by atoms with van der Waals surface area (Å²) in [4.78, 5) is 12.5. The lowest BCUT2D eigenvalue weighted by Gasteiger charge is -2.05. The van der Waals surface area contributed by atoms with Crippen LogP contribution in [0.2, 0.25) is 0 Å². The van der Waals surface area contributed by atoms with Gasteiger partial charge in [-0.25, -0.2) is 0 Å². The topological polar surface area (TPSA) is 26.3 Å². The number of hydrogen-bond acceptors (Lipinski definition) is 2. The average molecular weight is 288 g/mol. The van der Waals surface area contributed by atoms with Gasteiger partial charge < -0.3 is 4.74 Å². The molecule has 1 aliphatic heterocycles. The summed E-state index contributed by atoms with van der Waals surface area (Å²) in [7, 11) is 0. The van der Waals surface area contributed by atoms with E-state index >= 15 is 0 Å². The molecule has 0 amide bonds. The van der Waals surface area contributed by atoms with Crippen LogP contribution in [-0.4, -0.2) is 12.4 Å². The second kappa shape index (κ2) is 5.30. The first-order valence-corrected chi connectivity index (χ1v) is 7.56. The quantitative estimate of drug-likeness (QED) is 0.675. The summed E-state index contributed by atoms with van der Waals surface area (Å²) in [5.74, 6) is 1.12. The molecule has 0 unspecified atom stereocenters. The normalized spacial score (nSPS) is 12.9. The number of benzene rings is 3. The van der Waals surface area contributed by atoms with E-state index in [0.717, 1.165) is 40.7 Å². The summed E-state index contributed by atoms with van der Waals surface area (Å²) in [6.45, 7) is 0.747. The molecule has 0 spiro atoms. The van der Waals surface area contributed by atoms with Gasteiger partial charge in [-0.1, -0.05) is 48.5 Å². The number of carbonyl (C=O) groups is 1. The van der Waals surface area contributed by atoms with Crippen molar-refractivity contribution in [2.75, 3.05) is 6.61 Å². The third-order valence-electron chi connectivity index (χ3n) is 4.19. The fourth-order valence-electron chi connectivity index (χ4n) is 3.00. The van der Waals surface area contributed by atoms with Crippen molar-refractivity contribution in [3.05, 3.63) is 77.4 Å². The van der Waals surface area contributed by atoms with Crippen LogP contribution in [0.3, 0.4) is 0 Å². The summed E-state index contributed by atoms with van der Waals surface area (Å²) in [6, 6.07) is 20.1. The van der Waals surface area contributed by atoms with Crippen molar-refractivity contribution >= 4 is 16.6 Å². The smallest absolute Gasteiger partial charge is 0.167 e. The van der Waals surface area contributed by atoms with Crippen molar-refractivity contribution in [2.24, 2.45) is 0 Å². The highest BCUT2D eigenvalue weighted by atomic mass is 16.5. The molecule has 0 radical (unpaired) electrons. The van der Waals surface area contributed by atoms with Crippen LogP contribution in [0.1, 0.15) is 21.5 Å². The highest BCUT2D eigenvalue weighted by molar-refractivity contribution is 6.01. The Hall–Kier alpha value is -2.61. The van der Waals surface area contributed by atoms with Gasteiger partial charge in [0.1, 0.15) is 5.75 Å². The molecule has 3 aromatic rings. The molecule has 0 atom stereocenters. The van der Waals surface area contributed by atoms with Crippen molar-refractivity contribution < 1.29 is 9.53 Å². The van der Waals surface area contributed by atoms with E-state index in [2.05, 4.69) is 12.1 Å². The van der Waals surface area contributed by atoms with Crippen LogP contribution in [0.4, 0.5) is 0 Å². The lowest BCUT2D eigenvalue weighted by molar-refractivity contribution is 0.0993. The minimum atomic E-state index is 0.157. The van der Waals surface area contributed by atoms with Crippen LogP contribution in [0.5, 0.6) is 5.75 Å². The fourth-order valence-corrected chi connectivity index (χ4v) is 3.00. The molecular formula is C20H16O2. The molecule has 22 heavy (non-hydrogen) atoms. The van der Waals surface area contributed by atoms with Crippen molar-refractivity contribution in [2.45, 2.75) is 12.8 Å². The van der Waals surface area contributed by atoms with Gasteiger partial charge in [0.05, 0.1) is 6.61 Å². The van der Waals surface area contributed by atoms with E-state index in [1.54, 1.807) is 0 Å². The Labute approximate surface area is 129 Å². The largest absolute Gasteiger partial charge is 0.493 e. The maximum Gasteiger partial charge on any atom is 0.167 e. The van der Waals surface area contributed by atoms with Gasteiger partial charge in [-0.3, -0.25) is 4.79 Å². The Kier molecular flexibility index (Phi) is 3.15. The maximum atomic E-state index is 12.5. The van der Waals surface area contributed by atoms with Crippen LogP contribution in [0.15, 0.2) is 60.7 Å². The Morgan fingerprint density at radius 3 is 2.73 bits per heavy atom. The SMILES string of the molecule is O=C(Cc1ccc2c(c1)CCO2)c1ccc2ccccc2c1. The first-order valence-electron chi connectivity index (χ1n) is 7.56. The third kappa shape index (κ3) is 2.37. The lowest BCUT2D eigenvalue weighted by Crippen LogP contribution is -2.03. The number of carbonyl (C=O) groups excluding carboxylic acids is 1. The van der Waals surface area contributed by atoms with Crippen molar-refractivity contribution in [3.8, 4) is 5.75 Å². The molecule has 0 fully saturated rings. The van der Waals surface area contributed by atoms with Gasteiger partial charge in [0.25, 0.3) is 0 Å². The van der Waals surface area contributed by atoms with Gasteiger partial charge in [-0.15, -0.1) is 0 Å². The molecule has 0 aliphatic carbocycles. The lowest BCUT2D eigenvalue weighted by atomic mass is 9.98. The highest BCUT2D eigenvalue weighted by Gasteiger charge is 2.14. The molecule has 0 aromatic heterocycles. The first-order chi connectivity index (χ1) is 10.8. The zero-order valence-corrected chi connectivity index (χ0v) is 12.2. The van der Waals surface area contributed by atoms with Crippen molar-refractivity contribution in [1.82, 2.24) is 0 Å². The van der Waals surface area contributed by atoms with Gasteiger partial charge in [-0.2, -0.15) is 0 Å².